The van der Waals surface area contributed by atoms with Crippen LogP contribution in [0.1, 0.15) is 32.6 Å². The summed E-state index contributed by atoms with van der Waals surface area (Å²) in [5.41, 5.74) is 0. The van der Waals surface area contributed by atoms with Crippen molar-refractivity contribution in [2.45, 2.75) is 87.5 Å². The molecule has 24 nitrogen and oxygen atoms in total. The van der Waals surface area contributed by atoms with Crippen LogP contribution in [0.15, 0.2) is 0 Å². The minimum Gasteiger partial charge on any atom is -0.394 e. The molecule has 0 aromatic rings. The van der Waals surface area contributed by atoms with Crippen LogP contribution < -0.4 is 16.0 Å². The van der Waals surface area contributed by atoms with Gasteiger partial charge in [0.1, 0.15) is 42.7 Å². The van der Waals surface area contributed by atoms with Crippen molar-refractivity contribution in [2.75, 3.05) is 132 Å². The SMILES string of the molecule is CCCOCCOCCOCCOCCOCCOCCOCCOCCC(=O)N[C@@H](CCC(=O)NC[C@H](O)[C@@H](O)[C@H](O)[C@H](O)CO)C(=O)NC[C@H](O)[C@@H](O)[C@H](O)[C@H](O)CO. The van der Waals surface area contributed by atoms with Gasteiger partial charge in [0.25, 0.3) is 0 Å². The van der Waals surface area contributed by atoms with E-state index in [-0.39, 0.29) is 39.3 Å². The molecule has 0 saturated heterocycles. The Morgan fingerprint density at radius 3 is 1.11 bits per heavy atom. The van der Waals surface area contributed by atoms with Crippen molar-refractivity contribution in [3.8, 4) is 0 Å². The molecule has 24 heteroatoms. The van der Waals surface area contributed by atoms with Crippen LogP contribution in [-0.4, -0.2) is 256 Å². The van der Waals surface area contributed by atoms with Gasteiger partial charge in [-0.3, -0.25) is 14.4 Å². The van der Waals surface area contributed by atoms with E-state index in [1.54, 1.807) is 0 Å². The number of hydrogen-bond acceptors (Lipinski definition) is 21. The Labute approximate surface area is 356 Å². The normalized spacial score (nSPS) is 16.2. The highest BCUT2D eigenvalue weighted by Gasteiger charge is 2.32. The number of carbonyl (C=O) groups is 3. The first-order valence-electron chi connectivity index (χ1n) is 20.4. The van der Waals surface area contributed by atoms with Gasteiger partial charge >= 0.3 is 0 Å². The van der Waals surface area contributed by atoms with Crippen LogP contribution in [0.25, 0.3) is 0 Å². The summed E-state index contributed by atoms with van der Waals surface area (Å²) in [5.74, 6) is -2.32. The smallest absolute Gasteiger partial charge is 0.242 e. The molecule has 0 fully saturated rings. The molecule has 0 radical (unpaired) electrons. The molecule has 0 aliphatic heterocycles. The number of ether oxygens (including phenoxy) is 8. The largest absolute Gasteiger partial charge is 0.394 e. The zero-order valence-corrected chi connectivity index (χ0v) is 35.1. The minimum atomic E-state index is -1.97. The fourth-order valence-corrected chi connectivity index (χ4v) is 4.76. The van der Waals surface area contributed by atoms with Gasteiger partial charge < -0.3 is 105 Å². The van der Waals surface area contributed by atoms with Crippen LogP contribution in [0, 0.1) is 0 Å². The Hall–Kier alpha value is -2.31. The zero-order chi connectivity index (χ0) is 45.7. The number of aliphatic hydroxyl groups is 10. The van der Waals surface area contributed by atoms with E-state index in [9.17, 15) is 55.2 Å². The van der Waals surface area contributed by atoms with Crippen LogP contribution in [0.3, 0.4) is 0 Å². The summed E-state index contributed by atoms with van der Waals surface area (Å²) in [7, 11) is 0. The number of nitrogens with one attached hydrogen (secondary N) is 3. The van der Waals surface area contributed by atoms with E-state index >= 15 is 0 Å². The lowest BCUT2D eigenvalue weighted by Gasteiger charge is -2.26. The first-order valence-corrected chi connectivity index (χ1v) is 20.4. The van der Waals surface area contributed by atoms with Gasteiger partial charge in [-0.25, -0.2) is 0 Å². The Bertz CT molecular complexity index is 1070. The minimum absolute atomic E-state index is 0.0635. The van der Waals surface area contributed by atoms with E-state index in [0.29, 0.717) is 72.7 Å². The molecule has 61 heavy (non-hydrogen) atoms. The van der Waals surface area contributed by atoms with Gasteiger partial charge in [0.2, 0.25) is 17.7 Å². The average molecular weight is 896 g/mol. The van der Waals surface area contributed by atoms with Crippen molar-refractivity contribution in [1.82, 2.24) is 16.0 Å². The van der Waals surface area contributed by atoms with Crippen molar-refractivity contribution in [3.05, 3.63) is 0 Å². The third-order valence-electron chi connectivity index (χ3n) is 8.38. The number of rotatable bonds is 43. The molecule has 0 aliphatic carbocycles. The molecule has 0 unspecified atom stereocenters. The summed E-state index contributed by atoms with van der Waals surface area (Å²) in [6, 6.07) is -1.38. The number of amides is 3. The average Bonchev–Trinajstić information content (AvgIpc) is 3.26. The molecule has 0 bridgehead atoms. The standard InChI is InChI=1S/C37H73N3O21/c1-2-6-54-8-10-56-12-14-58-16-18-60-20-21-61-19-17-59-15-13-57-11-9-55-7-5-32(48)40-26(37(53)39-23-28(44)34(50)36(52)30(46)25-42)3-4-31(47)38-22-27(43)33(49)35(51)29(45)24-41/h26-30,33-36,41-46,49-52H,2-25H2,1H3,(H,38,47)(H,39,53)(H,40,48)/t26-,27-,28-,29+,30+,33+,34+,35+,36+/m0/s1. The van der Waals surface area contributed by atoms with Gasteiger partial charge in [-0.05, 0) is 12.8 Å². The topological polar surface area (TPSA) is 363 Å². The molecule has 3 amide bonds. The number of aliphatic hydroxyl groups excluding tert-OH is 10. The quantitative estimate of drug-likeness (QED) is 0.0253. The molecule has 0 saturated carbocycles. The summed E-state index contributed by atoms with van der Waals surface area (Å²) < 4.78 is 43.3. The second-order valence-electron chi connectivity index (χ2n) is 13.5. The molecule has 0 aromatic heterocycles. The molecular formula is C37H73N3O21. The maximum Gasteiger partial charge on any atom is 0.242 e. The molecule has 0 spiro atoms. The summed E-state index contributed by atoms with van der Waals surface area (Å²) in [5, 5.41) is 103. The maximum absolute atomic E-state index is 13.0. The lowest BCUT2D eigenvalue weighted by atomic mass is 10.0. The molecule has 0 aliphatic rings. The molecule has 13 N–H and O–H groups in total. The van der Waals surface area contributed by atoms with E-state index in [1.165, 1.54) is 0 Å². The van der Waals surface area contributed by atoms with E-state index in [0.717, 1.165) is 13.0 Å². The second-order valence-corrected chi connectivity index (χ2v) is 13.5. The summed E-state index contributed by atoms with van der Waals surface area (Å²) >= 11 is 0. The van der Waals surface area contributed by atoms with Gasteiger partial charge in [0, 0.05) is 32.5 Å². The van der Waals surface area contributed by atoms with Gasteiger partial charge in [-0.2, -0.15) is 0 Å². The van der Waals surface area contributed by atoms with Gasteiger partial charge in [0.05, 0.1) is 125 Å². The van der Waals surface area contributed by atoms with E-state index in [4.69, 9.17) is 48.1 Å². The van der Waals surface area contributed by atoms with Crippen molar-refractivity contribution in [1.29, 1.82) is 0 Å². The molecule has 362 valence electrons. The highest BCUT2D eigenvalue weighted by Crippen LogP contribution is 2.07. The second kappa shape index (κ2) is 39.3. The third-order valence-corrected chi connectivity index (χ3v) is 8.38. The lowest BCUT2D eigenvalue weighted by Crippen LogP contribution is -2.53. The van der Waals surface area contributed by atoms with Gasteiger partial charge in [-0.1, -0.05) is 6.92 Å². The highest BCUT2D eigenvalue weighted by molar-refractivity contribution is 5.88. The van der Waals surface area contributed by atoms with Crippen LogP contribution >= 0.6 is 0 Å². The van der Waals surface area contributed by atoms with E-state index < -0.39 is 105 Å². The lowest BCUT2D eigenvalue weighted by molar-refractivity contribution is -0.132. The maximum atomic E-state index is 13.0. The van der Waals surface area contributed by atoms with Crippen LogP contribution in [0.4, 0.5) is 0 Å². The van der Waals surface area contributed by atoms with Crippen molar-refractivity contribution in [3.63, 3.8) is 0 Å². The van der Waals surface area contributed by atoms with Crippen molar-refractivity contribution < 1.29 is 103 Å². The van der Waals surface area contributed by atoms with Gasteiger partial charge in [-0.15, -0.1) is 0 Å². The molecule has 0 heterocycles. The van der Waals surface area contributed by atoms with E-state index in [2.05, 4.69) is 16.0 Å². The Morgan fingerprint density at radius 2 is 0.754 bits per heavy atom. The molecular weight excluding hydrogens is 822 g/mol. The first kappa shape index (κ1) is 58.7. The molecule has 0 rings (SSSR count). The number of carbonyl (C=O) groups excluding carboxylic acids is 3. The Kier molecular flexibility index (Phi) is 37.8. The van der Waals surface area contributed by atoms with E-state index in [1.807, 2.05) is 6.92 Å². The Morgan fingerprint density at radius 1 is 0.426 bits per heavy atom. The monoisotopic (exact) mass is 895 g/mol. The summed E-state index contributed by atoms with van der Waals surface area (Å²) in [6.45, 7) is 5.20. The van der Waals surface area contributed by atoms with Crippen molar-refractivity contribution >= 4 is 17.7 Å². The summed E-state index contributed by atoms with van der Waals surface area (Å²) in [6.07, 6.45) is -14.8. The van der Waals surface area contributed by atoms with Crippen molar-refractivity contribution in [2.24, 2.45) is 0 Å². The van der Waals surface area contributed by atoms with Crippen LogP contribution in [0.5, 0.6) is 0 Å². The number of hydrogen-bond donors (Lipinski definition) is 13. The Balaban J connectivity index is 4.38. The van der Waals surface area contributed by atoms with Crippen LogP contribution in [-0.2, 0) is 52.3 Å². The molecule has 9 atom stereocenters. The fourth-order valence-electron chi connectivity index (χ4n) is 4.76. The third kappa shape index (κ3) is 31.2. The predicted octanol–water partition coefficient (Wildman–Crippen LogP) is -6.71. The van der Waals surface area contributed by atoms with Crippen LogP contribution in [0.2, 0.25) is 0 Å². The predicted molar refractivity (Wildman–Crippen MR) is 211 cm³/mol. The highest BCUT2D eigenvalue weighted by atomic mass is 16.6. The molecule has 0 aromatic carbocycles. The zero-order valence-electron chi connectivity index (χ0n) is 35.1. The van der Waals surface area contributed by atoms with Gasteiger partial charge in [0.15, 0.2) is 0 Å². The first-order chi connectivity index (χ1) is 29.3. The fraction of sp³-hybridized carbons (Fsp3) is 0.919. The summed E-state index contributed by atoms with van der Waals surface area (Å²) in [4.78, 5) is 38.1.